The summed E-state index contributed by atoms with van der Waals surface area (Å²) >= 11 is 0. The molecule has 0 aromatic heterocycles. The lowest BCUT2D eigenvalue weighted by Crippen LogP contribution is -2.42. The van der Waals surface area contributed by atoms with E-state index >= 15 is 0 Å². The first-order chi connectivity index (χ1) is 8.19. The van der Waals surface area contributed by atoms with Gasteiger partial charge in [0.25, 0.3) is 0 Å². The van der Waals surface area contributed by atoms with Crippen molar-refractivity contribution in [2.24, 2.45) is 5.92 Å². The second-order valence-corrected chi connectivity index (χ2v) is 6.02. The van der Waals surface area contributed by atoms with Crippen LogP contribution < -0.4 is 5.32 Å². The molecule has 2 rings (SSSR count). The van der Waals surface area contributed by atoms with Crippen LogP contribution in [0.3, 0.4) is 0 Å². The quantitative estimate of drug-likeness (QED) is 0.783. The lowest BCUT2D eigenvalue weighted by Gasteiger charge is -2.35. The summed E-state index contributed by atoms with van der Waals surface area (Å²) in [7, 11) is 2.25. The molecule has 0 aromatic rings. The normalized spacial score (nSPS) is 38.8. The van der Waals surface area contributed by atoms with Gasteiger partial charge in [-0.1, -0.05) is 13.3 Å². The first kappa shape index (κ1) is 13.3. The predicted molar refractivity (Wildman–Crippen MR) is 71.1 cm³/mol. The second-order valence-electron chi connectivity index (χ2n) is 6.02. The van der Waals surface area contributed by atoms with Crippen LogP contribution in [-0.4, -0.2) is 48.3 Å². The van der Waals surface area contributed by atoms with E-state index in [1.165, 1.54) is 32.1 Å². The number of rotatable bonds is 4. The van der Waals surface area contributed by atoms with Crippen molar-refractivity contribution in [2.75, 3.05) is 20.1 Å². The number of likely N-dealkylation sites (N-methyl/N-ethyl adjacent to an activating group) is 1. The van der Waals surface area contributed by atoms with Crippen LogP contribution in [0.15, 0.2) is 0 Å². The number of hydrogen-bond donors (Lipinski definition) is 2. The molecule has 1 aliphatic carbocycles. The summed E-state index contributed by atoms with van der Waals surface area (Å²) in [6.45, 7) is 4.19. The molecule has 2 fully saturated rings. The molecule has 2 atom stereocenters. The van der Waals surface area contributed by atoms with E-state index in [9.17, 15) is 5.11 Å². The highest BCUT2D eigenvalue weighted by Gasteiger charge is 2.27. The van der Waals surface area contributed by atoms with Crippen molar-refractivity contribution in [3.8, 4) is 0 Å². The van der Waals surface area contributed by atoms with Gasteiger partial charge in [-0.2, -0.15) is 0 Å². The van der Waals surface area contributed by atoms with Gasteiger partial charge in [-0.3, -0.25) is 0 Å². The van der Waals surface area contributed by atoms with E-state index in [1.807, 2.05) is 0 Å². The molecule has 0 amide bonds. The molecule has 0 aromatic carbocycles. The Balaban J connectivity index is 1.71. The van der Waals surface area contributed by atoms with Crippen molar-refractivity contribution < 1.29 is 5.11 Å². The standard InChI is InChI=1S/C14H28N2O/c1-3-11-4-6-13(7-5-11)16(2)10-12-8-14(17)9-15-12/h11-15,17H,3-10H2,1-2H3. The van der Waals surface area contributed by atoms with Crippen molar-refractivity contribution in [3.05, 3.63) is 0 Å². The van der Waals surface area contributed by atoms with Crippen molar-refractivity contribution in [1.82, 2.24) is 10.2 Å². The van der Waals surface area contributed by atoms with E-state index < -0.39 is 0 Å². The highest BCUT2D eigenvalue weighted by molar-refractivity contribution is 4.86. The fraction of sp³-hybridized carbons (Fsp3) is 1.00. The minimum atomic E-state index is -0.121. The Morgan fingerprint density at radius 2 is 1.94 bits per heavy atom. The molecule has 1 saturated heterocycles. The third-order valence-corrected chi connectivity index (χ3v) is 4.72. The zero-order valence-electron chi connectivity index (χ0n) is 11.4. The Kier molecular flexibility index (Phi) is 4.83. The number of β-amino-alcohol motifs (C(OH)–C–C–N with tert-alkyl or cyclic N) is 1. The lowest BCUT2D eigenvalue weighted by molar-refractivity contribution is 0.148. The van der Waals surface area contributed by atoms with Gasteiger partial charge in [0.1, 0.15) is 0 Å². The van der Waals surface area contributed by atoms with Crippen LogP contribution in [0.5, 0.6) is 0 Å². The molecule has 3 heteroatoms. The highest BCUT2D eigenvalue weighted by atomic mass is 16.3. The number of hydrogen-bond acceptors (Lipinski definition) is 3. The molecule has 1 aliphatic heterocycles. The summed E-state index contributed by atoms with van der Waals surface area (Å²) in [6, 6.07) is 1.27. The van der Waals surface area contributed by atoms with Crippen LogP contribution in [-0.2, 0) is 0 Å². The smallest absolute Gasteiger partial charge is 0.0680 e. The summed E-state index contributed by atoms with van der Waals surface area (Å²) in [5.41, 5.74) is 0. The minimum Gasteiger partial charge on any atom is -0.392 e. The molecule has 0 spiro atoms. The molecule has 2 N–H and O–H groups in total. The van der Waals surface area contributed by atoms with E-state index in [2.05, 4.69) is 24.2 Å². The predicted octanol–water partition coefficient (Wildman–Crippen LogP) is 1.61. The Labute approximate surface area is 106 Å². The average molecular weight is 240 g/mol. The van der Waals surface area contributed by atoms with Crippen LogP contribution in [0.1, 0.15) is 45.4 Å². The Bertz CT molecular complexity index is 226. The van der Waals surface area contributed by atoms with Crippen molar-refractivity contribution in [2.45, 2.75) is 63.6 Å². The number of aliphatic hydroxyl groups excluding tert-OH is 1. The largest absolute Gasteiger partial charge is 0.392 e. The van der Waals surface area contributed by atoms with Crippen LogP contribution in [0, 0.1) is 5.92 Å². The Morgan fingerprint density at radius 1 is 1.24 bits per heavy atom. The number of nitrogens with zero attached hydrogens (tertiary/aromatic N) is 1. The molecule has 1 saturated carbocycles. The average Bonchev–Trinajstić information content (AvgIpc) is 2.75. The van der Waals surface area contributed by atoms with E-state index in [1.54, 1.807) is 0 Å². The maximum absolute atomic E-state index is 9.51. The topological polar surface area (TPSA) is 35.5 Å². The number of aliphatic hydroxyl groups is 1. The van der Waals surface area contributed by atoms with Crippen molar-refractivity contribution >= 4 is 0 Å². The van der Waals surface area contributed by atoms with Gasteiger partial charge >= 0.3 is 0 Å². The molecule has 17 heavy (non-hydrogen) atoms. The van der Waals surface area contributed by atoms with Crippen LogP contribution in [0.2, 0.25) is 0 Å². The molecule has 1 heterocycles. The van der Waals surface area contributed by atoms with Crippen molar-refractivity contribution in [1.29, 1.82) is 0 Å². The van der Waals surface area contributed by atoms with E-state index in [-0.39, 0.29) is 6.10 Å². The number of nitrogens with one attached hydrogen (secondary N) is 1. The van der Waals surface area contributed by atoms with E-state index in [4.69, 9.17) is 0 Å². The van der Waals surface area contributed by atoms with E-state index in [0.29, 0.717) is 6.04 Å². The summed E-state index contributed by atoms with van der Waals surface area (Å²) in [5, 5.41) is 12.9. The van der Waals surface area contributed by atoms with E-state index in [0.717, 1.165) is 31.5 Å². The maximum atomic E-state index is 9.51. The van der Waals surface area contributed by atoms with Gasteiger partial charge in [0.15, 0.2) is 0 Å². The summed E-state index contributed by atoms with van der Waals surface area (Å²) < 4.78 is 0. The first-order valence-corrected chi connectivity index (χ1v) is 7.30. The highest BCUT2D eigenvalue weighted by Crippen LogP contribution is 2.29. The fourth-order valence-electron chi connectivity index (χ4n) is 3.43. The van der Waals surface area contributed by atoms with Crippen LogP contribution in [0.25, 0.3) is 0 Å². The zero-order chi connectivity index (χ0) is 12.3. The molecular formula is C14H28N2O. The summed E-state index contributed by atoms with van der Waals surface area (Å²) in [4.78, 5) is 2.52. The second kappa shape index (κ2) is 6.17. The Morgan fingerprint density at radius 3 is 2.47 bits per heavy atom. The lowest BCUT2D eigenvalue weighted by atomic mass is 9.84. The van der Waals surface area contributed by atoms with Crippen LogP contribution >= 0.6 is 0 Å². The monoisotopic (exact) mass is 240 g/mol. The minimum absolute atomic E-state index is 0.121. The molecule has 2 aliphatic rings. The Hall–Kier alpha value is -0.120. The van der Waals surface area contributed by atoms with Gasteiger partial charge in [0.05, 0.1) is 6.10 Å². The molecule has 3 nitrogen and oxygen atoms in total. The zero-order valence-corrected chi connectivity index (χ0v) is 11.4. The summed E-state index contributed by atoms with van der Waals surface area (Å²) in [6.07, 6.45) is 7.71. The molecule has 0 bridgehead atoms. The van der Waals surface area contributed by atoms with Crippen molar-refractivity contribution in [3.63, 3.8) is 0 Å². The van der Waals surface area contributed by atoms with Gasteiger partial charge in [-0.15, -0.1) is 0 Å². The van der Waals surface area contributed by atoms with Crippen LogP contribution in [0.4, 0.5) is 0 Å². The van der Waals surface area contributed by atoms with Gasteiger partial charge < -0.3 is 15.3 Å². The molecular weight excluding hydrogens is 212 g/mol. The third-order valence-electron chi connectivity index (χ3n) is 4.72. The molecule has 100 valence electrons. The van der Waals surface area contributed by atoms with Gasteiger partial charge in [-0.25, -0.2) is 0 Å². The third kappa shape index (κ3) is 3.67. The molecule has 2 unspecified atom stereocenters. The first-order valence-electron chi connectivity index (χ1n) is 7.30. The van der Waals surface area contributed by atoms with Gasteiger partial charge in [0.2, 0.25) is 0 Å². The molecule has 0 radical (unpaired) electrons. The maximum Gasteiger partial charge on any atom is 0.0680 e. The van der Waals surface area contributed by atoms with Gasteiger partial charge in [0, 0.05) is 25.2 Å². The summed E-state index contributed by atoms with van der Waals surface area (Å²) in [5.74, 6) is 0.978. The van der Waals surface area contributed by atoms with Gasteiger partial charge in [-0.05, 0) is 45.1 Å². The SMILES string of the molecule is CCC1CCC(N(C)CC2CC(O)CN2)CC1. The fourth-order valence-corrected chi connectivity index (χ4v) is 3.43.